The van der Waals surface area contributed by atoms with E-state index in [0.717, 1.165) is 11.8 Å². The molecule has 0 aromatic carbocycles. The van der Waals surface area contributed by atoms with Crippen molar-refractivity contribution < 1.29 is 4.74 Å². The van der Waals surface area contributed by atoms with Crippen molar-refractivity contribution in [3.8, 4) is 0 Å². The average Bonchev–Trinajstić information content (AvgIpc) is 3.07. The van der Waals surface area contributed by atoms with Crippen molar-refractivity contribution in [1.29, 1.82) is 0 Å². The lowest BCUT2D eigenvalue weighted by Crippen LogP contribution is -2.06. The van der Waals surface area contributed by atoms with Crippen molar-refractivity contribution in [1.82, 2.24) is 0 Å². The summed E-state index contributed by atoms with van der Waals surface area (Å²) in [6.07, 6.45) is 7.25. The third-order valence-electron chi connectivity index (χ3n) is 3.37. The van der Waals surface area contributed by atoms with Gasteiger partial charge in [-0.3, -0.25) is 0 Å². The summed E-state index contributed by atoms with van der Waals surface area (Å²) in [6, 6.07) is 0. The summed E-state index contributed by atoms with van der Waals surface area (Å²) in [4.78, 5) is 0. The van der Waals surface area contributed by atoms with Crippen molar-refractivity contribution in [2.24, 2.45) is 11.8 Å². The average molecular weight is 280 g/mol. The normalized spacial score (nSPS) is 25.4. The van der Waals surface area contributed by atoms with Crippen LogP contribution in [0.3, 0.4) is 0 Å². The Morgan fingerprint density at radius 1 is 1.12 bits per heavy atom. The first-order valence-corrected chi connectivity index (χ1v) is 6.83. The van der Waals surface area contributed by atoms with Gasteiger partial charge in [-0.05, 0) is 49.2 Å². The molecule has 0 aromatic heterocycles. The lowest BCUT2D eigenvalue weighted by Gasteiger charge is -2.10. The van der Waals surface area contributed by atoms with Crippen LogP contribution in [0.5, 0.6) is 0 Å². The molecule has 1 nitrogen and oxygen atoms in total. The molecule has 1 aliphatic heterocycles. The molecule has 0 aromatic rings. The molecule has 0 atom stereocenters. The van der Waals surface area contributed by atoms with E-state index in [9.17, 15) is 0 Å². The Hall–Kier alpha value is 0.150. The van der Waals surface area contributed by atoms with Gasteiger partial charge >= 0.3 is 0 Å². The van der Waals surface area contributed by atoms with E-state index in [1.165, 1.54) is 31.3 Å². The Balaban J connectivity index is 1.89. The fraction of sp³-hybridized carbons (Fsp3) is 0.667. The predicted molar refractivity (Wildman–Crippen MR) is 66.8 cm³/mol. The van der Waals surface area contributed by atoms with Crippen molar-refractivity contribution >= 4 is 34.8 Å². The fourth-order valence-corrected chi connectivity index (χ4v) is 2.70. The molecule has 2 aliphatic carbocycles. The van der Waals surface area contributed by atoms with E-state index in [0.29, 0.717) is 12.4 Å². The molecule has 0 spiro atoms. The molecule has 0 saturated heterocycles. The van der Waals surface area contributed by atoms with Gasteiger partial charge in [-0.1, -0.05) is 40.4 Å². The highest BCUT2D eigenvalue weighted by atomic mass is 35.6. The zero-order valence-electron chi connectivity index (χ0n) is 8.81. The molecule has 2 saturated carbocycles. The highest BCUT2D eigenvalue weighted by Crippen LogP contribution is 2.51. The van der Waals surface area contributed by atoms with Gasteiger partial charge in [0.2, 0.25) is 3.79 Å². The first kappa shape index (κ1) is 11.3. The van der Waals surface area contributed by atoms with Crippen molar-refractivity contribution in [2.75, 3.05) is 6.61 Å². The minimum absolute atomic E-state index is 0.478. The monoisotopic (exact) mass is 278 g/mol. The quantitative estimate of drug-likeness (QED) is 0.681. The van der Waals surface area contributed by atoms with E-state index >= 15 is 0 Å². The Morgan fingerprint density at radius 3 is 2.06 bits per heavy atom. The smallest absolute Gasteiger partial charge is 0.247 e. The largest absolute Gasteiger partial charge is 0.489 e. The lowest BCUT2D eigenvalue weighted by atomic mass is 9.99. The molecule has 16 heavy (non-hydrogen) atoms. The number of alkyl halides is 3. The maximum atomic E-state index is 5.81. The Morgan fingerprint density at radius 2 is 1.69 bits per heavy atom. The van der Waals surface area contributed by atoms with Crippen LogP contribution in [-0.2, 0) is 4.74 Å². The molecule has 3 aliphatic rings. The van der Waals surface area contributed by atoms with E-state index in [1.54, 1.807) is 5.57 Å². The first-order chi connectivity index (χ1) is 7.55. The van der Waals surface area contributed by atoms with E-state index in [4.69, 9.17) is 39.5 Å². The Kier molecular flexibility index (Phi) is 2.69. The summed E-state index contributed by atoms with van der Waals surface area (Å²) < 4.78 is 4.06. The van der Waals surface area contributed by atoms with Gasteiger partial charge in [-0.15, -0.1) is 0 Å². The summed E-state index contributed by atoms with van der Waals surface area (Å²) in [5.74, 6) is 2.06. The van der Waals surface area contributed by atoms with Crippen LogP contribution in [0.4, 0.5) is 0 Å². The zero-order chi connectivity index (χ0) is 11.3. The molecular formula is C12H13Cl3O. The van der Waals surface area contributed by atoms with Gasteiger partial charge in [0.15, 0.2) is 0 Å². The van der Waals surface area contributed by atoms with E-state index in [-0.39, 0.29) is 0 Å². The topological polar surface area (TPSA) is 9.23 Å². The van der Waals surface area contributed by atoms with Crippen LogP contribution < -0.4 is 0 Å². The molecule has 1 heterocycles. The fourth-order valence-electron chi connectivity index (χ4n) is 2.37. The molecule has 0 bridgehead atoms. The van der Waals surface area contributed by atoms with Gasteiger partial charge in [-0.25, -0.2) is 0 Å². The van der Waals surface area contributed by atoms with E-state index in [2.05, 4.69) is 0 Å². The van der Waals surface area contributed by atoms with Crippen LogP contribution in [0.25, 0.3) is 0 Å². The summed E-state index contributed by atoms with van der Waals surface area (Å²) in [6.45, 7) is 0.589. The number of hydrogen-bond donors (Lipinski definition) is 0. The molecule has 4 heteroatoms. The number of ether oxygens (including phenoxy) is 1. The van der Waals surface area contributed by atoms with Gasteiger partial charge in [0, 0.05) is 0 Å². The second-order valence-corrected chi connectivity index (χ2v) is 7.11. The van der Waals surface area contributed by atoms with Crippen molar-refractivity contribution in [3.05, 3.63) is 23.0 Å². The summed E-state index contributed by atoms with van der Waals surface area (Å²) in [5.41, 5.74) is 2.86. The van der Waals surface area contributed by atoms with Crippen LogP contribution >= 0.6 is 34.8 Å². The van der Waals surface area contributed by atoms with Crippen LogP contribution in [0.15, 0.2) is 23.0 Å². The molecular weight excluding hydrogens is 266 g/mol. The van der Waals surface area contributed by atoms with E-state index in [1.807, 2.05) is 6.08 Å². The standard InChI is InChI=1S/C12H13Cl3O/c13-12(14,15)10-5-9(6-16-10)11(7-1-2-7)8-3-4-8/h5,7-8H,1-4,6H2. The zero-order valence-corrected chi connectivity index (χ0v) is 11.1. The molecule has 0 N–H and O–H groups in total. The van der Waals surface area contributed by atoms with Gasteiger partial charge in [0.1, 0.15) is 12.4 Å². The molecule has 88 valence electrons. The minimum Gasteiger partial charge on any atom is -0.489 e. The second kappa shape index (κ2) is 3.83. The highest BCUT2D eigenvalue weighted by Gasteiger charge is 2.40. The first-order valence-electron chi connectivity index (χ1n) is 5.70. The van der Waals surface area contributed by atoms with Gasteiger partial charge < -0.3 is 4.74 Å². The van der Waals surface area contributed by atoms with Crippen LogP contribution in [-0.4, -0.2) is 10.4 Å². The van der Waals surface area contributed by atoms with Crippen molar-refractivity contribution in [3.63, 3.8) is 0 Å². The number of hydrogen-bond acceptors (Lipinski definition) is 1. The van der Waals surface area contributed by atoms with Crippen LogP contribution in [0.1, 0.15) is 25.7 Å². The highest BCUT2D eigenvalue weighted by molar-refractivity contribution is 6.69. The summed E-state index contributed by atoms with van der Waals surface area (Å²) >= 11 is 17.4. The molecule has 3 rings (SSSR count). The third kappa shape index (κ3) is 2.23. The third-order valence-corrected chi connectivity index (χ3v) is 3.93. The van der Waals surface area contributed by atoms with Crippen molar-refractivity contribution in [2.45, 2.75) is 29.5 Å². The Labute approximate surface area is 110 Å². The number of rotatable bonds is 2. The van der Waals surface area contributed by atoms with Crippen LogP contribution in [0.2, 0.25) is 0 Å². The van der Waals surface area contributed by atoms with Crippen LogP contribution in [0, 0.1) is 11.8 Å². The SMILES string of the molecule is ClC(Cl)(Cl)C1=CC(=C(C2CC2)C2CC2)CO1. The lowest BCUT2D eigenvalue weighted by molar-refractivity contribution is 0.255. The molecule has 0 amide bonds. The molecule has 0 unspecified atom stereocenters. The molecule has 2 fully saturated rings. The minimum atomic E-state index is -1.42. The maximum absolute atomic E-state index is 5.81. The van der Waals surface area contributed by atoms with Gasteiger partial charge in [0.25, 0.3) is 0 Å². The van der Waals surface area contributed by atoms with Gasteiger partial charge in [0.05, 0.1) is 0 Å². The second-order valence-electron chi connectivity index (χ2n) is 4.82. The number of halogens is 3. The Bertz CT molecular complexity index is 356. The maximum Gasteiger partial charge on any atom is 0.247 e. The van der Waals surface area contributed by atoms with Gasteiger partial charge in [-0.2, -0.15) is 0 Å². The summed E-state index contributed by atoms with van der Waals surface area (Å²) in [7, 11) is 0. The van der Waals surface area contributed by atoms with E-state index < -0.39 is 3.79 Å². The molecule has 0 radical (unpaired) electrons. The predicted octanol–water partition coefficient (Wildman–Crippen LogP) is 4.39. The number of allylic oxidation sites excluding steroid dienone is 2. The summed E-state index contributed by atoms with van der Waals surface area (Å²) in [5, 5.41) is 0.